The summed E-state index contributed by atoms with van der Waals surface area (Å²) >= 11 is 1.32. The Morgan fingerprint density at radius 2 is 1.94 bits per heavy atom. The van der Waals surface area contributed by atoms with E-state index in [0.717, 1.165) is 18.4 Å². The molecule has 11 heteroatoms. The first-order valence-corrected chi connectivity index (χ1v) is 12.3. The van der Waals surface area contributed by atoms with Crippen LogP contribution >= 0.6 is 11.3 Å². The highest BCUT2D eigenvalue weighted by Gasteiger charge is 2.33. The van der Waals surface area contributed by atoms with Gasteiger partial charge in [-0.2, -0.15) is 8.78 Å². The Hall–Kier alpha value is -2.92. The van der Waals surface area contributed by atoms with Crippen LogP contribution in [0.15, 0.2) is 48.1 Å². The second-order valence-electron chi connectivity index (χ2n) is 8.08. The highest BCUT2D eigenvalue weighted by molar-refractivity contribution is 7.87. The van der Waals surface area contributed by atoms with Crippen molar-refractivity contribution in [1.82, 2.24) is 9.97 Å². The van der Waals surface area contributed by atoms with E-state index in [1.807, 2.05) is 0 Å². The average Bonchev–Trinajstić information content (AvgIpc) is 3.53. The van der Waals surface area contributed by atoms with Gasteiger partial charge in [-0.05, 0) is 50.5 Å². The lowest BCUT2D eigenvalue weighted by Gasteiger charge is -2.21. The summed E-state index contributed by atoms with van der Waals surface area (Å²) < 4.78 is 44.2. The number of hydrogen-bond acceptors (Lipinski definition) is 6. The van der Waals surface area contributed by atoms with E-state index in [4.69, 9.17) is 0 Å². The number of amides is 1. The minimum absolute atomic E-state index is 0.0280. The number of nitrogens with zero attached hydrogens (tertiary/aromatic N) is 2. The first-order chi connectivity index (χ1) is 15.7. The van der Waals surface area contributed by atoms with Crippen LogP contribution in [0.25, 0.3) is 11.1 Å². The number of rotatable bonds is 9. The number of nitrogens with one attached hydrogen (secondary N) is 2. The maximum Gasteiger partial charge on any atom is 0.387 e. The van der Waals surface area contributed by atoms with Gasteiger partial charge in [0.15, 0.2) is 5.13 Å². The largest absolute Gasteiger partial charge is 0.433 e. The summed E-state index contributed by atoms with van der Waals surface area (Å²) in [6, 6.07) is 8.42. The number of benzene rings is 1. The number of aromatic nitrogens is 2. The van der Waals surface area contributed by atoms with E-state index in [-0.39, 0.29) is 16.9 Å². The number of anilines is 2. The second-order valence-corrected chi connectivity index (χ2v) is 10.4. The molecule has 1 saturated carbocycles. The van der Waals surface area contributed by atoms with Gasteiger partial charge in [0.05, 0.1) is 22.6 Å². The Kier molecular flexibility index (Phi) is 6.71. The monoisotopic (exact) mass is 492 g/mol. The third-order valence-corrected chi connectivity index (χ3v) is 7.50. The molecule has 0 bridgehead atoms. The van der Waals surface area contributed by atoms with E-state index in [0.29, 0.717) is 22.1 Å². The van der Waals surface area contributed by atoms with Crippen LogP contribution in [0.1, 0.15) is 32.4 Å². The lowest BCUT2D eigenvalue weighted by atomic mass is 9.89. The van der Waals surface area contributed by atoms with Crippen molar-refractivity contribution in [3.05, 3.63) is 53.8 Å². The fourth-order valence-electron chi connectivity index (χ4n) is 2.95. The Morgan fingerprint density at radius 3 is 2.61 bits per heavy atom. The molecular formula is C22H22F2N4O3S2. The quantitative estimate of drug-likeness (QED) is 0.440. The van der Waals surface area contributed by atoms with Crippen molar-refractivity contribution in [1.29, 1.82) is 0 Å². The number of alkyl halides is 2. The van der Waals surface area contributed by atoms with Gasteiger partial charge in [0.25, 0.3) is 0 Å². The third-order valence-electron chi connectivity index (χ3n) is 5.14. The van der Waals surface area contributed by atoms with Crippen molar-refractivity contribution in [2.45, 2.75) is 44.0 Å². The average molecular weight is 493 g/mol. The van der Waals surface area contributed by atoms with Gasteiger partial charge in [-0.15, -0.1) is 11.3 Å². The maximum atomic E-state index is 13.0. The van der Waals surface area contributed by atoms with Gasteiger partial charge in [-0.1, -0.05) is 12.1 Å². The van der Waals surface area contributed by atoms with Crippen molar-refractivity contribution in [3.63, 3.8) is 0 Å². The SMILES string of the molecule is CC(C)(C(=O)Nc1ccc(-c2cncc(OC(F)F)c2)cc1)c1csc(NS(=O)C2CC2)n1. The molecule has 1 atom stereocenters. The molecule has 1 aliphatic rings. The molecule has 2 heterocycles. The molecular weight excluding hydrogens is 470 g/mol. The molecule has 1 amide bonds. The zero-order valence-electron chi connectivity index (χ0n) is 17.9. The predicted octanol–water partition coefficient (Wildman–Crippen LogP) is 4.96. The highest BCUT2D eigenvalue weighted by atomic mass is 32.2. The zero-order chi connectivity index (χ0) is 23.6. The number of ether oxygens (including phenoxy) is 1. The molecule has 1 unspecified atom stereocenters. The summed E-state index contributed by atoms with van der Waals surface area (Å²) in [5, 5.41) is 5.39. The Morgan fingerprint density at radius 1 is 1.21 bits per heavy atom. The molecule has 4 rings (SSSR count). The highest BCUT2D eigenvalue weighted by Crippen LogP contribution is 2.32. The number of pyridine rings is 1. The Labute approximate surface area is 196 Å². The second kappa shape index (κ2) is 9.52. The van der Waals surface area contributed by atoms with Gasteiger partial charge in [0.1, 0.15) is 16.7 Å². The molecule has 1 fully saturated rings. The fraction of sp³-hybridized carbons (Fsp3) is 0.318. The molecule has 174 valence electrons. The molecule has 0 aliphatic heterocycles. The van der Waals surface area contributed by atoms with E-state index < -0.39 is 23.0 Å². The van der Waals surface area contributed by atoms with Gasteiger partial charge in [0.2, 0.25) is 5.91 Å². The number of carbonyl (C=O) groups is 1. The molecule has 0 radical (unpaired) electrons. The van der Waals surface area contributed by atoms with Crippen LogP contribution < -0.4 is 14.8 Å². The van der Waals surface area contributed by atoms with Gasteiger partial charge in [-0.3, -0.25) is 14.5 Å². The normalized spacial score (nSPS) is 14.7. The number of halogens is 2. The number of hydrogen-bond donors (Lipinski definition) is 2. The lowest BCUT2D eigenvalue weighted by molar-refractivity contribution is -0.120. The van der Waals surface area contributed by atoms with Crippen LogP contribution in [0.2, 0.25) is 0 Å². The summed E-state index contributed by atoms with van der Waals surface area (Å²) in [6.07, 6.45) is 4.67. The van der Waals surface area contributed by atoms with Crippen LogP contribution in [0.3, 0.4) is 0 Å². The Bertz CT molecular complexity index is 1160. The molecule has 7 nitrogen and oxygen atoms in total. The Balaban J connectivity index is 1.41. The topological polar surface area (TPSA) is 93.2 Å². The standard InChI is InChI=1S/C22H22F2N4O3S2/c1-22(2,18-12-32-21(27-18)28-33(30)17-7-8-17)19(29)26-15-5-3-13(4-6-15)14-9-16(11-25-10-14)31-20(23)24/h3-6,9-12,17,20H,7-8H2,1-2H3,(H,26,29)(H,27,28). The molecule has 0 saturated heterocycles. The molecule has 3 aromatic rings. The van der Waals surface area contributed by atoms with Crippen LogP contribution in [-0.4, -0.2) is 31.9 Å². The van der Waals surface area contributed by atoms with Crippen molar-refractivity contribution < 1.29 is 22.5 Å². The predicted molar refractivity (Wildman–Crippen MR) is 125 cm³/mol. The summed E-state index contributed by atoms with van der Waals surface area (Å²) in [5.74, 6) is -0.274. The van der Waals surface area contributed by atoms with Gasteiger partial charge < -0.3 is 10.1 Å². The van der Waals surface area contributed by atoms with E-state index in [2.05, 4.69) is 24.7 Å². The fourth-order valence-corrected chi connectivity index (χ4v) is 5.06. The molecule has 0 spiro atoms. The smallest absolute Gasteiger partial charge is 0.387 e. The van der Waals surface area contributed by atoms with Gasteiger partial charge >= 0.3 is 6.61 Å². The van der Waals surface area contributed by atoms with Crippen LogP contribution in [0, 0.1) is 0 Å². The minimum atomic E-state index is -2.92. The first kappa shape index (κ1) is 23.2. The lowest BCUT2D eigenvalue weighted by Crippen LogP contribution is -2.35. The van der Waals surface area contributed by atoms with Crippen molar-refractivity contribution in [2.24, 2.45) is 0 Å². The van der Waals surface area contributed by atoms with Crippen molar-refractivity contribution in [3.8, 4) is 16.9 Å². The van der Waals surface area contributed by atoms with Crippen LogP contribution in [0.4, 0.5) is 19.6 Å². The van der Waals surface area contributed by atoms with Crippen molar-refractivity contribution in [2.75, 3.05) is 10.0 Å². The summed E-state index contributed by atoms with van der Waals surface area (Å²) in [6.45, 7) is 0.620. The molecule has 2 N–H and O–H groups in total. The van der Waals surface area contributed by atoms with Crippen molar-refractivity contribution >= 4 is 39.0 Å². The number of thiazole rings is 1. The third kappa shape index (κ3) is 5.72. The van der Waals surface area contributed by atoms with E-state index in [1.54, 1.807) is 49.7 Å². The van der Waals surface area contributed by atoms with Crippen LogP contribution in [0.5, 0.6) is 5.75 Å². The maximum absolute atomic E-state index is 13.0. The molecule has 1 aliphatic carbocycles. The zero-order valence-corrected chi connectivity index (χ0v) is 19.5. The van der Waals surface area contributed by atoms with Gasteiger partial charge in [0, 0.05) is 22.8 Å². The summed E-state index contributed by atoms with van der Waals surface area (Å²) in [7, 11) is -1.14. The van der Waals surface area contributed by atoms with E-state index in [9.17, 15) is 17.8 Å². The summed E-state index contributed by atoms with van der Waals surface area (Å²) in [5.41, 5.74) is 1.59. The molecule has 1 aromatic carbocycles. The van der Waals surface area contributed by atoms with E-state index in [1.165, 1.54) is 23.6 Å². The minimum Gasteiger partial charge on any atom is -0.433 e. The molecule has 2 aromatic heterocycles. The van der Waals surface area contributed by atoms with E-state index >= 15 is 0 Å². The number of carbonyl (C=O) groups excluding carboxylic acids is 1. The molecule has 33 heavy (non-hydrogen) atoms. The van der Waals surface area contributed by atoms with Gasteiger partial charge in [-0.25, -0.2) is 9.19 Å². The summed E-state index contributed by atoms with van der Waals surface area (Å²) in [4.78, 5) is 21.3. The van der Waals surface area contributed by atoms with Crippen LogP contribution in [-0.2, 0) is 21.2 Å². The first-order valence-electron chi connectivity index (χ1n) is 10.2.